The van der Waals surface area contributed by atoms with Crippen molar-refractivity contribution in [1.82, 2.24) is 0 Å². The Labute approximate surface area is 129 Å². The molecule has 0 radical (unpaired) electrons. The Morgan fingerprint density at radius 2 is 2.10 bits per heavy atom. The van der Waals surface area contributed by atoms with E-state index in [0.717, 1.165) is 6.07 Å². The molecule has 116 valence electrons. The molecule has 1 rings (SSSR count). The van der Waals surface area contributed by atoms with Crippen LogP contribution in [0.2, 0.25) is 5.02 Å². The van der Waals surface area contributed by atoms with E-state index in [1.807, 2.05) is 13.8 Å². The summed E-state index contributed by atoms with van der Waals surface area (Å²) < 4.78 is 19.2. The molecular weight excluding hydrogens is 295 g/mol. The third-order valence-corrected chi connectivity index (χ3v) is 3.28. The van der Waals surface area contributed by atoms with Crippen LogP contribution in [-0.2, 0) is 0 Å². The molecule has 0 spiro atoms. The predicted octanol–water partition coefficient (Wildman–Crippen LogP) is 4.70. The zero-order valence-electron chi connectivity index (χ0n) is 12.7. The Kier molecular flexibility index (Phi) is 6.62. The van der Waals surface area contributed by atoms with Crippen molar-refractivity contribution in [2.75, 3.05) is 18.6 Å². The van der Waals surface area contributed by atoms with Gasteiger partial charge in [0.1, 0.15) is 11.6 Å². The smallest absolute Gasteiger partial charge is 0.348 e. The summed E-state index contributed by atoms with van der Waals surface area (Å²) >= 11 is 5.87. The number of ether oxygens (including phenoxy) is 1. The molecule has 1 aromatic rings. The number of rotatable bonds is 5. The van der Waals surface area contributed by atoms with Gasteiger partial charge in [-0.25, -0.2) is 14.2 Å². The number of halogens is 2. The molecule has 0 heterocycles. The number of methoxy groups -OCH3 is 1. The van der Waals surface area contributed by atoms with Crippen molar-refractivity contribution in [3.63, 3.8) is 0 Å². The Bertz CT molecular complexity index is 547. The van der Waals surface area contributed by atoms with Gasteiger partial charge in [0, 0.05) is 18.3 Å². The molecule has 0 aliphatic carbocycles. The van der Waals surface area contributed by atoms with Gasteiger partial charge >= 0.3 is 6.03 Å². The molecule has 0 aromatic heterocycles. The Balaban J connectivity index is 3.25. The lowest BCUT2D eigenvalue weighted by molar-refractivity contribution is 0.254. The van der Waals surface area contributed by atoms with Gasteiger partial charge in [-0.3, -0.25) is 4.90 Å². The maximum absolute atomic E-state index is 14.1. The molecule has 4 nitrogen and oxygen atoms in total. The van der Waals surface area contributed by atoms with Gasteiger partial charge in [0.2, 0.25) is 0 Å². The lowest BCUT2D eigenvalue weighted by atomic mass is 10.2. The molecular formula is C15H20ClFN2O2. The number of carbonyl (C=O) groups excluding carboxylic acids is 1. The van der Waals surface area contributed by atoms with Crippen molar-refractivity contribution in [3.05, 3.63) is 23.0 Å². The number of urea groups is 1. The fourth-order valence-corrected chi connectivity index (χ4v) is 1.95. The van der Waals surface area contributed by atoms with Crippen LogP contribution >= 0.6 is 11.6 Å². The minimum absolute atomic E-state index is 0.121. The molecule has 1 aromatic carbocycles. The maximum Gasteiger partial charge on any atom is 0.348 e. The van der Waals surface area contributed by atoms with Gasteiger partial charge in [-0.2, -0.15) is 0 Å². The molecule has 0 saturated carbocycles. The molecule has 0 aliphatic heterocycles. The Hall–Kier alpha value is -1.62. The molecule has 0 bridgehead atoms. The third kappa shape index (κ3) is 4.43. The second-order valence-electron chi connectivity index (χ2n) is 4.57. The first-order valence-corrected chi connectivity index (χ1v) is 7.21. The van der Waals surface area contributed by atoms with Gasteiger partial charge in [0.25, 0.3) is 0 Å². The van der Waals surface area contributed by atoms with Crippen LogP contribution in [0.5, 0.6) is 5.75 Å². The SMILES string of the molecule is CCCN(C(=O)N=C(C)CC)c1cc(OC)c(Cl)cc1F. The fraction of sp³-hybridized carbons (Fsp3) is 0.467. The standard InChI is InChI=1S/C15H20ClFN2O2/c1-5-7-19(15(20)18-10(3)6-2)13-9-14(21-4)11(16)8-12(13)17/h8-9H,5-7H2,1-4H3. The number of amides is 2. The summed E-state index contributed by atoms with van der Waals surface area (Å²) in [5, 5.41) is 0.163. The van der Waals surface area contributed by atoms with E-state index in [1.165, 1.54) is 18.1 Å². The summed E-state index contributed by atoms with van der Waals surface area (Å²) in [6.07, 6.45) is 1.34. The van der Waals surface area contributed by atoms with E-state index in [1.54, 1.807) is 6.92 Å². The molecule has 21 heavy (non-hydrogen) atoms. The third-order valence-electron chi connectivity index (χ3n) is 2.99. The van der Waals surface area contributed by atoms with Crippen LogP contribution in [0.15, 0.2) is 17.1 Å². The van der Waals surface area contributed by atoms with Crippen LogP contribution in [-0.4, -0.2) is 25.4 Å². The largest absolute Gasteiger partial charge is 0.495 e. The minimum Gasteiger partial charge on any atom is -0.495 e. The quantitative estimate of drug-likeness (QED) is 0.739. The van der Waals surface area contributed by atoms with Crippen molar-refractivity contribution in [3.8, 4) is 5.75 Å². The van der Waals surface area contributed by atoms with Gasteiger partial charge in [-0.1, -0.05) is 25.4 Å². The molecule has 2 amide bonds. The fourth-order valence-electron chi connectivity index (χ4n) is 1.73. The zero-order valence-corrected chi connectivity index (χ0v) is 13.5. The van der Waals surface area contributed by atoms with Crippen molar-refractivity contribution in [2.24, 2.45) is 4.99 Å². The molecule has 6 heteroatoms. The van der Waals surface area contributed by atoms with E-state index in [4.69, 9.17) is 16.3 Å². The molecule has 0 saturated heterocycles. The van der Waals surface area contributed by atoms with E-state index in [9.17, 15) is 9.18 Å². The first-order chi connectivity index (χ1) is 9.94. The van der Waals surface area contributed by atoms with Gasteiger partial charge < -0.3 is 4.74 Å². The van der Waals surface area contributed by atoms with Gasteiger partial charge in [-0.15, -0.1) is 0 Å². The lowest BCUT2D eigenvalue weighted by Crippen LogP contribution is -2.30. The number of hydrogen-bond donors (Lipinski definition) is 0. The normalized spacial score (nSPS) is 11.4. The van der Waals surface area contributed by atoms with Crippen molar-refractivity contribution < 1.29 is 13.9 Å². The van der Waals surface area contributed by atoms with Gasteiger partial charge in [-0.05, 0) is 25.8 Å². The topological polar surface area (TPSA) is 41.9 Å². The zero-order chi connectivity index (χ0) is 16.0. The van der Waals surface area contributed by atoms with Crippen molar-refractivity contribution >= 4 is 29.0 Å². The van der Waals surface area contributed by atoms with E-state index >= 15 is 0 Å². The van der Waals surface area contributed by atoms with Crippen LogP contribution in [0.3, 0.4) is 0 Å². The number of aliphatic imine (C=N–C) groups is 1. The summed E-state index contributed by atoms with van der Waals surface area (Å²) in [4.78, 5) is 17.5. The van der Waals surface area contributed by atoms with Crippen LogP contribution in [0.1, 0.15) is 33.6 Å². The lowest BCUT2D eigenvalue weighted by Gasteiger charge is -2.21. The van der Waals surface area contributed by atoms with E-state index in [2.05, 4.69) is 4.99 Å². The highest BCUT2D eigenvalue weighted by Crippen LogP contribution is 2.32. The number of nitrogens with zero attached hydrogens (tertiary/aromatic N) is 2. The predicted molar refractivity (Wildman–Crippen MR) is 84.4 cm³/mol. The number of benzene rings is 1. The summed E-state index contributed by atoms with van der Waals surface area (Å²) in [5.41, 5.74) is 0.818. The highest BCUT2D eigenvalue weighted by molar-refractivity contribution is 6.32. The van der Waals surface area contributed by atoms with E-state index in [-0.39, 0.29) is 10.7 Å². The second-order valence-corrected chi connectivity index (χ2v) is 4.98. The first-order valence-electron chi connectivity index (χ1n) is 6.83. The van der Waals surface area contributed by atoms with Gasteiger partial charge in [0.15, 0.2) is 0 Å². The summed E-state index contributed by atoms with van der Waals surface area (Å²) in [7, 11) is 1.44. The van der Waals surface area contributed by atoms with Crippen LogP contribution in [0.25, 0.3) is 0 Å². The molecule has 0 aliphatic rings. The van der Waals surface area contributed by atoms with Crippen LogP contribution in [0.4, 0.5) is 14.9 Å². The van der Waals surface area contributed by atoms with E-state index < -0.39 is 11.8 Å². The average Bonchev–Trinajstić information content (AvgIpc) is 2.45. The highest BCUT2D eigenvalue weighted by atomic mass is 35.5. The second kappa shape index (κ2) is 7.98. The molecule has 0 N–H and O–H groups in total. The van der Waals surface area contributed by atoms with Crippen LogP contribution in [0, 0.1) is 5.82 Å². The number of carbonyl (C=O) groups is 1. The maximum atomic E-state index is 14.1. The summed E-state index contributed by atoms with van der Waals surface area (Å²) in [6.45, 7) is 5.94. The molecule has 0 unspecified atom stereocenters. The number of hydrogen-bond acceptors (Lipinski definition) is 2. The summed E-state index contributed by atoms with van der Waals surface area (Å²) in [6, 6.07) is 2.07. The highest BCUT2D eigenvalue weighted by Gasteiger charge is 2.20. The molecule has 0 fully saturated rings. The monoisotopic (exact) mass is 314 g/mol. The number of anilines is 1. The Morgan fingerprint density at radius 3 is 2.62 bits per heavy atom. The minimum atomic E-state index is -0.577. The van der Waals surface area contributed by atoms with Crippen LogP contribution < -0.4 is 9.64 Å². The Morgan fingerprint density at radius 1 is 1.43 bits per heavy atom. The summed E-state index contributed by atoms with van der Waals surface area (Å²) in [5.74, 6) is -0.259. The van der Waals surface area contributed by atoms with Crippen molar-refractivity contribution in [1.29, 1.82) is 0 Å². The van der Waals surface area contributed by atoms with Gasteiger partial charge in [0.05, 0.1) is 17.8 Å². The van der Waals surface area contributed by atoms with E-state index in [0.29, 0.717) is 30.8 Å². The van der Waals surface area contributed by atoms with Crippen molar-refractivity contribution in [2.45, 2.75) is 33.6 Å². The average molecular weight is 315 g/mol. The first kappa shape index (κ1) is 17.4. The molecule has 0 atom stereocenters.